The van der Waals surface area contributed by atoms with Gasteiger partial charge >= 0.3 is 0 Å². The standard InChI is InChI=1S/C13H13ClN2O/c14-11-8-15-7-6-12(11)16-9-13(17)10-4-2-1-3-5-10/h1-8,13,17H,9H2,(H,15,16). The maximum absolute atomic E-state index is 9.95. The Kier molecular flexibility index (Phi) is 3.96. The molecule has 0 radical (unpaired) electrons. The molecule has 0 aliphatic rings. The number of pyridine rings is 1. The van der Waals surface area contributed by atoms with E-state index in [0.717, 1.165) is 11.3 Å². The second-order valence-electron chi connectivity index (χ2n) is 3.66. The smallest absolute Gasteiger partial charge is 0.0962 e. The van der Waals surface area contributed by atoms with Gasteiger partial charge in [0.25, 0.3) is 0 Å². The van der Waals surface area contributed by atoms with Crippen molar-refractivity contribution < 1.29 is 5.11 Å². The van der Waals surface area contributed by atoms with Gasteiger partial charge in [0.15, 0.2) is 0 Å². The molecule has 88 valence electrons. The lowest BCUT2D eigenvalue weighted by molar-refractivity contribution is 0.191. The summed E-state index contributed by atoms with van der Waals surface area (Å²) in [4.78, 5) is 3.90. The number of aliphatic hydroxyl groups excluding tert-OH is 1. The van der Waals surface area contributed by atoms with Gasteiger partial charge in [-0.2, -0.15) is 0 Å². The fourth-order valence-corrected chi connectivity index (χ4v) is 1.70. The molecule has 0 spiro atoms. The third-order valence-corrected chi connectivity index (χ3v) is 2.74. The molecule has 4 heteroatoms. The van der Waals surface area contributed by atoms with Gasteiger partial charge < -0.3 is 10.4 Å². The monoisotopic (exact) mass is 248 g/mol. The van der Waals surface area contributed by atoms with E-state index in [4.69, 9.17) is 11.6 Å². The number of anilines is 1. The van der Waals surface area contributed by atoms with Crippen molar-refractivity contribution in [2.45, 2.75) is 6.10 Å². The largest absolute Gasteiger partial charge is 0.387 e. The summed E-state index contributed by atoms with van der Waals surface area (Å²) in [6.07, 6.45) is 2.67. The summed E-state index contributed by atoms with van der Waals surface area (Å²) in [6, 6.07) is 11.3. The van der Waals surface area contributed by atoms with Crippen LogP contribution >= 0.6 is 11.6 Å². The maximum Gasteiger partial charge on any atom is 0.0962 e. The summed E-state index contributed by atoms with van der Waals surface area (Å²) in [6.45, 7) is 0.410. The first-order valence-corrected chi connectivity index (χ1v) is 5.71. The summed E-state index contributed by atoms with van der Waals surface area (Å²) in [5.41, 5.74) is 1.65. The van der Waals surface area contributed by atoms with Crippen LogP contribution < -0.4 is 5.32 Å². The van der Waals surface area contributed by atoms with Crippen LogP contribution in [-0.4, -0.2) is 16.6 Å². The Morgan fingerprint density at radius 1 is 1.24 bits per heavy atom. The zero-order valence-corrected chi connectivity index (χ0v) is 9.93. The molecule has 2 aromatic rings. The van der Waals surface area contributed by atoms with Crippen LogP contribution in [0.4, 0.5) is 5.69 Å². The molecule has 2 rings (SSSR count). The van der Waals surface area contributed by atoms with Gasteiger partial charge in [0.05, 0.1) is 16.8 Å². The molecule has 2 N–H and O–H groups in total. The lowest BCUT2D eigenvalue weighted by Crippen LogP contribution is -2.12. The molecular formula is C13H13ClN2O. The van der Waals surface area contributed by atoms with E-state index in [9.17, 15) is 5.11 Å². The van der Waals surface area contributed by atoms with Crippen molar-refractivity contribution in [3.63, 3.8) is 0 Å². The predicted octanol–water partition coefficient (Wildman–Crippen LogP) is 2.88. The SMILES string of the molecule is OC(CNc1ccncc1Cl)c1ccccc1. The maximum atomic E-state index is 9.95. The van der Waals surface area contributed by atoms with E-state index in [2.05, 4.69) is 10.3 Å². The van der Waals surface area contributed by atoms with Gasteiger partial charge in [-0.25, -0.2) is 0 Å². The molecular weight excluding hydrogens is 236 g/mol. The van der Waals surface area contributed by atoms with Crippen molar-refractivity contribution in [2.75, 3.05) is 11.9 Å². The topological polar surface area (TPSA) is 45.1 Å². The summed E-state index contributed by atoms with van der Waals surface area (Å²) in [7, 11) is 0. The number of benzene rings is 1. The molecule has 0 fully saturated rings. The van der Waals surface area contributed by atoms with Gasteiger partial charge in [0.2, 0.25) is 0 Å². The first-order chi connectivity index (χ1) is 8.27. The van der Waals surface area contributed by atoms with Crippen LogP contribution in [0.2, 0.25) is 5.02 Å². The molecule has 0 aliphatic heterocycles. The Bertz CT molecular complexity index is 476. The highest BCUT2D eigenvalue weighted by molar-refractivity contribution is 6.33. The number of rotatable bonds is 4. The molecule has 0 saturated carbocycles. The number of halogens is 1. The number of nitrogens with zero attached hydrogens (tertiary/aromatic N) is 1. The first-order valence-electron chi connectivity index (χ1n) is 5.34. The average molecular weight is 249 g/mol. The van der Waals surface area contributed by atoms with E-state index in [1.165, 1.54) is 0 Å². The predicted molar refractivity (Wildman–Crippen MR) is 69.1 cm³/mol. The fraction of sp³-hybridized carbons (Fsp3) is 0.154. The molecule has 0 aliphatic carbocycles. The van der Waals surface area contributed by atoms with Crippen LogP contribution in [0.3, 0.4) is 0 Å². The van der Waals surface area contributed by atoms with E-state index in [-0.39, 0.29) is 0 Å². The lowest BCUT2D eigenvalue weighted by atomic mass is 10.1. The van der Waals surface area contributed by atoms with Crippen LogP contribution in [0.5, 0.6) is 0 Å². The third kappa shape index (κ3) is 3.19. The Labute approximate surface area is 105 Å². The Morgan fingerprint density at radius 3 is 2.71 bits per heavy atom. The highest BCUT2D eigenvalue weighted by atomic mass is 35.5. The molecule has 1 aromatic heterocycles. The number of aliphatic hydroxyl groups is 1. The molecule has 1 heterocycles. The molecule has 3 nitrogen and oxygen atoms in total. The normalized spacial score (nSPS) is 12.1. The molecule has 0 bridgehead atoms. The Hall–Kier alpha value is -1.58. The van der Waals surface area contributed by atoms with Gasteiger partial charge in [-0.05, 0) is 11.6 Å². The average Bonchev–Trinajstić information content (AvgIpc) is 2.38. The molecule has 1 unspecified atom stereocenters. The third-order valence-electron chi connectivity index (χ3n) is 2.44. The summed E-state index contributed by atoms with van der Waals surface area (Å²) >= 11 is 5.95. The highest BCUT2D eigenvalue weighted by Gasteiger charge is 2.07. The highest BCUT2D eigenvalue weighted by Crippen LogP contribution is 2.20. The number of aromatic nitrogens is 1. The van der Waals surface area contributed by atoms with Gasteiger partial charge in [-0.1, -0.05) is 41.9 Å². The van der Waals surface area contributed by atoms with Gasteiger partial charge in [0.1, 0.15) is 0 Å². The van der Waals surface area contributed by atoms with Gasteiger partial charge in [-0.3, -0.25) is 4.98 Å². The van der Waals surface area contributed by atoms with E-state index in [1.807, 2.05) is 30.3 Å². The fourth-order valence-electron chi connectivity index (χ4n) is 1.52. The van der Waals surface area contributed by atoms with Crippen LogP contribution in [0.25, 0.3) is 0 Å². The minimum atomic E-state index is -0.555. The van der Waals surface area contributed by atoms with Gasteiger partial charge in [0, 0.05) is 18.9 Å². The van der Waals surface area contributed by atoms with Gasteiger partial charge in [-0.15, -0.1) is 0 Å². The van der Waals surface area contributed by atoms with Crippen molar-refractivity contribution in [2.24, 2.45) is 0 Å². The molecule has 1 aromatic carbocycles. The lowest BCUT2D eigenvalue weighted by Gasteiger charge is -2.13. The van der Waals surface area contributed by atoms with E-state index in [0.29, 0.717) is 11.6 Å². The zero-order chi connectivity index (χ0) is 12.1. The van der Waals surface area contributed by atoms with Crippen molar-refractivity contribution >= 4 is 17.3 Å². The molecule has 17 heavy (non-hydrogen) atoms. The first kappa shape index (κ1) is 11.9. The van der Waals surface area contributed by atoms with Crippen LogP contribution in [0.1, 0.15) is 11.7 Å². The van der Waals surface area contributed by atoms with Crippen molar-refractivity contribution in [1.82, 2.24) is 4.98 Å². The zero-order valence-electron chi connectivity index (χ0n) is 9.18. The molecule has 0 saturated heterocycles. The number of hydrogen-bond acceptors (Lipinski definition) is 3. The summed E-state index contributed by atoms with van der Waals surface area (Å²) < 4.78 is 0. The van der Waals surface area contributed by atoms with E-state index >= 15 is 0 Å². The molecule has 1 atom stereocenters. The van der Waals surface area contributed by atoms with Crippen LogP contribution in [0.15, 0.2) is 48.8 Å². The number of hydrogen-bond donors (Lipinski definition) is 2. The van der Waals surface area contributed by atoms with Crippen molar-refractivity contribution in [3.8, 4) is 0 Å². The Morgan fingerprint density at radius 2 is 2.00 bits per heavy atom. The minimum absolute atomic E-state index is 0.410. The minimum Gasteiger partial charge on any atom is -0.387 e. The van der Waals surface area contributed by atoms with Crippen LogP contribution in [-0.2, 0) is 0 Å². The van der Waals surface area contributed by atoms with E-state index < -0.39 is 6.10 Å². The summed E-state index contributed by atoms with van der Waals surface area (Å²) in [5.74, 6) is 0. The molecule has 0 amide bonds. The number of nitrogens with one attached hydrogen (secondary N) is 1. The van der Waals surface area contributed by atoms with E-state index in [1.54, 1.807) is 18.5 Å². The quantitative estimate of drug-likeness (QED) is 0.875. The second kappa shape index (κ2) is 5.66. The van der Waals surface area contributed by atoms with Crippen molar-refractivity contribution in [3.05, 3.63) is 59.4 Å². The van der Waals surface area contributed by atoms with Crippen molar-refractivity contribution in [1.29, 1.82) is 0 Å². The summed E-state index contributed by atoms with van der Waals surface area (Å²) in [5, 5.41) is 13.6. The Balaban J connectivity index is 1.97. The second-order valence-corrected chi connectivity index (χ2v) is 4.07. The van der Waals surface area contributed by atoms with Crippen LogP contribution in [0, 0.1) is 0 Å².